The van der Waals surface area contributed by atoms with Gasteiger partial charge < -0.3 is 15.1 Å². The van der Waals surface area contributed by atoms with Gasteiger partial charge in [-0.3, -0.25) is 4.79 Å². The van der Waals surface area contributed by atoms with E-state index in [1.54, 1.807) is 6.07 Å². The van der Waals surface area contributed by atoms with Crippen molar-refractivity contribution in [2.45, 2.75) is 32.2 Å². The van der Waals surface area contributed by atoms with Crippen molar-refractivity contribution in [1.82, 2.24) is 10.6 Å². The molecule has 2 N–H and O–H groups in total. The van der Waals surface area contributed by atoms with E-state index in [2.05, 4.69) is 10.6 Å². The average molecular weight is 222 g/mol. The third-order valence-electron chi connectivity index (χ3n) is 2.87. The van der Waals surface area contributed by atoms with E-state index >= 15 is 0 Å². The third-order valence-corrected chi connectivity index (χ3v) is 2.87. The number of nitrogens with one attached hydrogen (secondary N) is 2. The summed E-state index contributed by atoms with van der Waals surface area (Å²) in [6, 6.07) is 3.83. The Morgan fingerprint density at radius 1 is 1.62 bits per heavy atom. The summed E-state index contributed by atoms with van der Waals surface area (Å²) in [7, 11) is 0. The van der Waals surface area contributed by atoms with Crippen molar-refractivity contribution >= 4 is 5.91 Å². The highest BCUT2D eigenvalue weighted by molar-refractivity contribution is 5.91. The molecule has 1 aliphatic heterocycles. The molecule has 0 aromatic carbocycles. The lowest BCUT2D eigenvalue weighted by atomic mass is 10.1. The van der Waals surface area contributed by atoms with Gasteiger partial charge in [-0.1, -0.05) is 6.92 Å². The number of carbonyl (C=O) groups excluding carboxylic acids is 1. The summed E-state index contributed by atoms with van der Waals surface area (Å²) in [5, 5.41) is 6.24. The normalized spacial score (nSPS) is 20.7. The fraction of sp³-hybridized carbons (Fsp3) is 0.583. The monoisotopic (exact) mass is 222 g/mol. The first kappa shape index (κ1) is 11.2. The number of aryl methyl sites for hydroxylation is 1. The molecule has 88 valence electrons. The fourth-order valence-corrected chi connectivity index (χ4v) is 1.92. The van der Waals surface area contributed by atoms with Gasteiger partial charge in [-0.25, -0.2) is 0 Å². The van der Waals surface area contributed by atoms with Crippen molar-refractivity contribution in [3.05, 3.63) is 23.7 Å². The standard InChI is InChI=1S/C12H18N2O2/c1-2-10-5-6-11(16-10)12(15)14-9-4-3-7-13-8-9/h5-6,9,13H,2-4,7-8H2,1H3,(H,14,15)/t9-/m1/s1. The van der Waals surface area contributed by atoms with Crippen LogP contribution >= 0.6 is 0 Å². The Labute approximate surface area is 95.4 Å². The zero-order valence-electron chi connectivity index (χ0n) is 9.58. The summed E-state index contributed by atoms with van der Waals surface area (Å²) in [6.07, 6.45) is 2.97. The average Bonchev–Trinajstić information content (AvgIpc) is 2.79. The first-order chi connectivity index (χ1) is 7.79. The van der Waals surface area contributed by atoms with Crippen LogP contribution in [0.1, 0.15) is 36.1 Å². The van der Waals surface area contributed by atoms with E-state index in [9.17, 15) is 4.79 Å². The lowest BCUT2D eigenvalue weighted by Crippen LogP contribution is -2.45. The van der Waals surface area contributed by atoms with Crippen LogP contribution in [0.25, 0.3) is 0 Å². The Morgan fingerprint density at radius 2 is 2.50 bits per heavy atom. The van der Waals surface area contributed by atoms with Gasteiger partial charge in [0, 0.05) is 19.0 Å². The highest BCUT2D eigenvalue weighted by Gasteiger charge is 2.18. The van der Waals surface area contributed by atoms with E-state index in [-0.39, 0.29) is 11.9 Å². The molecule has 0 radical (unpaired) electrons. The van der Waals surface area contributed by atoms with Crippen LogP contribution in [-0.2, 0) is 6.42 Å². The number of piperidine rings is 1. The van der Waals surface area contributed by atoms with Gasteiger partial charge in [0.1, 0.15) is 5.76 Å². The second-order valence-electron chi connectivity index (χ2n) is 4.14. The van der Waals surface area contributed by atoms with Crippen LogP contribution in [0.3, 0.4) is 0 Å². The second-order valence-corrected chi connectivity index (χ2v) is 4.14. The van der Waals surface area contributed by atoms with Gasteiger partial charge in [0.2, 0.25) is 0 Å². The quantitative estimate of drug-likeness (QED) is 0.811. The van der Waals surface area contributed by atoms with Crippen LogP contribution in [0.4, 0.5) is 0 Å². The van der Waals surface area contributed by atoms with Crippen molar-refractivity contribution in [3.8, 4) is 0 Å². The van der Waals surface area contributed by atoms with Crippen LogP contribution in [0.2, 0.25) is 0 Å². The van der Waals surface area contributed by atoms with Crippen LogP contribution in [0.15, 0.2) is 16.5 Å². The molecule has 1 fully saturated rings. The summed E-state index contributed by atoms with van der Waals surface area (Å²) in [4.78, 5) is 11.8. The van der Waals surface area contributed by atoms with E-state index in [1.165, 1.54) is 0 Å². The molecule has 0 unspecified atom stereocenters. The SMILES string of the molecule is CCc1ccc(C(=O)N[C@@H]2CCCNC2)o1. The fourth-order valence-electron chi connectivity index (χ4n) is 1.92. The van der Waals surface area contributed by atoms with Crippen molar-refractivity contribution in [2.24, 2.45) is 0 Å². The Balaban J connectivity index is 1.91. The highest BCUT2D eigenvalue weighted by atomic mass is 16.3. The van der Waals surface area contributed by atoms with E-state index in [4.69, 9.17) is 4.42 Å². The second kappa shape index (κ2) is 5.16. The number of amides is 1. The first-order valence-electron chi connectivity index (χ1n) is 5.90. The zero-order valence-corrected chi connectivity index (χ0v) is 9.58. The third kappa shape index (κ3) is 2.64. The molecule has 0 bridgehead atoms. The Bertz CT molecular complexity index is 354. The molecular weight excluding hydrogens is 204 g/mol. The number of hydrogen-bond donors (Lipinski definition) is 2. The van der Waals surface area contributed by atoms with E-state index in [0.29, 0.717) is 5.76 Å². The molecule has 0 aliphatic carbocycles. The number of hydrogen-bond acceptors (Lipinski definition) is 3. The van der Waals surface area contributed by atoms with Gasteiger partial charge >= 0.3 is 0 Å². The molecule has 16 heavy (non-hydrogen) atoms. The molecule has 1 aromatic rings. The van der Waals surface area contributed by atoms with Crippen molar-refractivity contribution in [1.29, 1.82) is 0 Å². The number of furan rings is 1. The van der Waals surface area contributed by atoms with Crippen LogP contribution in [0.5, 0.6) is 0 Å². The van der Waals surface area contributed by atoms with Gasteiger partial charge in [0.05, 0.1) is 0 Å². The summed E-state index contributed by atoms with van der Waals surface area (Å²) in [5.41, 5.74) is 0. The minimum Gasteiger partial charge on any atom is -0.456 e. The summed E-state index contributed by atoms with van der Waals surface area (Å²) in [6.45, 7) is 3.91. The summed E-state index contributed by atoms with van der Waals surface area (Å²) < 4.78 is 5.40. The maximum Gasteiger partial charge on any atom is 0.287 e. The van der Waals surface area contributed by atoms with E-state index in [0.717, 1.165) is 38.1 Å². The maximum absolute atomic E-state index is 11.8. The van der Waals surface area contributed by atoms with Crippen molar-refractivity contribution in [3.63, 3.8) is 0 Å². The van der Waals surface area contributed by atoms with E-state index < -0.39 is 0 Å². The Morgan fingerprint density at radius 3 is 3.12 bits per heavy atom. The molecule has 4 nitrogen and oxygen atoms in total. The minimum atomic E-state index is -0.103. The first-order valence-corrected chi connectivity index (χ1v) is 5.90. The van der Waals surface area contributed by atoms with Crippen LogP contribution in [0, 0.1) is 0 Å². The molecular formula is C12H18N2O2. The number of rotatable bonds is 3. The van der Waals surface area contributed by atoms with Gasteiger partial charge in [-0.15, -0.1) is 0 Å². The predicted molar refractivity (Wildman–Crippen MR) is 61.4 cm³/mol. The Kier molecular flexibility index (Phi) is 3.62. The summed E-state index contributed by atoms with van der Waals surface area (Å²) >= 11 is 0. The molecule has 1 saturated heterocycles. The zero-order chi connectivity index (χ0) is 11.4. The predicted octanol–water partition coefficient (Wildman–Crippen LogP) is 1.32. The van der Waals surface area contributed by atoms with Gasteiger partial charge in [-0.05, 0) is 31.5 Å². The lowest BCUT2D eigenvalue weighted by Gasteiger charge is -2.23. The van der Waals surface area contributed by atoms with E-state index in [1.807, 2.05) is 13.0 Å². The van der Waals surface area contributed by atoms with Crippen LogP contribution < -0.4 is 10.6 Å². The molecule has 4 heteroatoms. The molecule has 1 aliphatic rings. The molecule has 2 heterocycles. The molecule has 1 amide bonds. The van der Waals surface area contributed by atoms with Gasteiger partial charge in [0.15, 0.2) is 5.76 Å². The molecule has 0 saturated carbocycles. The molecule has 1 aromatic heterocycles. The Hall–Kier alpha value is -1.29. The molecule has 2 rings (SSSR count). The number of carbonyl (C=O) groups is 1. The van der Waals surface area contributed by atoms with Gasteiger partial charge in [-0.2, -0.15) is 0 Å². The van der Waals surface area contributed by atoms with Gasteiger partial charge in [0.25, 0.3) is 5.91 Å². The maximum atomic E-state index is 11.8. The molecule has 1 atom stereocenters. The molecule has 0 spiro atoms. The summed E-state index contributed by atoms with van der Waals surface area (Å²) in [5.74, 6) is 1.17. The van der Waals surface area contributed by atoms with Crippen molar-refractivity contribution < 1.29 is 9.21 Å². The van der Waals surface area contributed by atoms with Crippen LogP contribution in [-0.4, -0.2) is 25.0 Å². The minimum absolute atomic E-state index is 0.103. The topological polar surface area (TPSA) is 54.3 Å². The largest absolute Gasteiger partial charge is 0.456 e. The van der Waals surface area contributed by atoms with Crippen molar-refractivity contribution in [2.75, 3.05) is 13.1 Å². The lowest BCUT2D eigenvalue weighted by molar-refractivity contribution is 0.0901. The highest BCUT2D eigenvalue weighted by Crippen LogP contribution is 2.09. The smallest absolute Gasteiger partial charge is 0.287 e.